The van der Waals surface area contributed by atoms with Gasteiger partial charge in [0.1, 0.15) is 5.75 Å². The van der Waals surface area contributed by atoms with Gasteiger partial charge in [-0.1, -0.05) is 47.7 Å². The van der Waals surface area contributed by atoms with E-state index >= 15 is 0 Å². The van der Waals surface area contributed by atoms with E-state index in [-0.39, 0.29) is 28.8 Å². The van der Waals surface area contributed by atoms with Gasteiger partial charge in [0.25, 0.3) is 21.8 Å². The van der Waals surface area contributed by atoms with E-state index in [1.807, 2.05) is 102 Å². The molecule has 1 aromatic heterocycles. The van der Waals surface area contributed by atoms with Crippen LogP contribution < -0.4 is 23.7 Å². The van der Waals surface area contributed by atoms with Crippen molar-refractivity contribution in [3.8, 4) is 39.9 Å². The number of allylic oxidation sites excluding steroid dienone is 3. The molecule has 0 saturated carbocycles. The Hall–Kier alpha value is -8.81. The van der Waals surface area contributed by atoms with Crippen molar-refractivity contribution in [2.45, 2.75) is 62.4 Å². The maximum Gasteiger partial charge on any atom is 0.268 e. The van der Waals surface area contributed by atoms with Gasteiger partial charge in [0.05, 0.1) is 91.2 Å². The zero-order valence-corrected chi connectivity index (χ0v) is 44.9. The zero-order valence-electron chi connectivity index (χ0n) is 44.1. The first kappa shape index (κ1) is 51.0. The summed E-state index contributed by atoms with van der Waals surface area (Å²) in [6.45, 7) is 4.82. The molecule has 79 heavy (non-hydrogen) atoms. The summed E-state index contributed by atoms with van der Waals surface area (Å²) in [5, 5.41) is 1.53. The number of aryl methyl sites for hydroxylation is 1. The van der Waals surface area contributed by atoms with Gasteiger partial charge in [0, 0.05) is 66.8 Å². The summed E-state index contributed by atoms with van der Waals surface area (Å²) in [6, 6.07) is 33.3. The van der Waals surface area contributed by atoms with E-state index in [1.165, 1.54) is 3.97 Å². The Morgan fingerprint density at radius 3 is 1.66 bits per heavy atom. The van der Waals surface area contributed by atoms with Crippen LogP contribution in [0.3, 0.4) is 0 Å². The van der Waals surface area contributed by atoms with Crippen LogP contribution in [0.4, 0.5) is 11.4 Å². The maximum absolute atomic E-state index is 14.5. The van der Waals surface area contributed by atoms with Gasteiger partial charge in [-0.2, -0.15) is 0 Å². The Balaban J connectivity index is 0.732. The van der Waals surface area contributed by atoms with E-state index in [2.05, 4.69) is 21.4 Å². The molecule has 7 aromatic rings. The van der Waals surface area contributed by atoms with Gasteiger partial charge in [-0.15, -0.1) is 0 Å². The topological polar surface area (TPSA) is 160 Å². The third-order valence-electron chi connectivity index (χ3n) is 15.0. The van der Waals surface area contributed by atoms with E-state index < -0.39 is 10.0 Å². The van der Waals surface area contributed by atoms with Crippen LogP contribution in [0.25, 0.3) is 38.5 Å². The van der Waals surface area contributed by atoms with Crippen LogP contribution in [0.15, 0.2) is 153 Å². The molecule has 0 N–H and O–H groups in total. The fourth-order valence-corrected chi connectivity index (χ4v) is 12.4. The number of aromatic nitrogens is 1. The van der Waals surface area contributed by atoms with Gasteiger partial charge >= 0.3 is 0 Å². The predicted octanol–water partition coefficient (Wildman–Crippen LogP) is 11.6. The first-order chi connectivity index (χ1) is 38.5. The van der Waals surface area contributed by atoms with Crippen LogP contribution in [0.2, 0.25) is 0 Å². The average molecular weight is 1080 g/mol. The summed E-state index contributed by atoms with van der Waals surface area (Å²) < 4.78 is 66.2. The molecular weight excluding hydrogens is 1020 g/mol. The van der Waals surface area contributed by atoms with Gasteiger partial charge < -0.3 is 38.2 Å². The number of carbonyl (C=O) groups is 2. The maximum atomic E-state index is 14.5. The largest absolute Gasteiger partial charge is 0.493 e. The number of hydrogen-bond donors (Lipinski definition) is 0. The summed E-state index contributed by atoms with van der Waals surface area (Å²) in [4.78, 5) is 39.8. The van der Waals surface area contributed by atoms with E-state index in [0.29, 0.717) is 107 Å². The zero-order chi connectivity index (χ0) is 54.2. The molecular formula is C63H57N5O10S. The molecule has 4 aliphatic heterocycles. The Labute approximate surface area is 458 Å². The highest BCUT2D eigenvalue weighted by Gasteiger charge is 2.34. The molecule has 6 aromatic carbocycles. The molecule has 15 nitrogen and oxygen atoms in total. The number of aliphatic imine (C=N–C) groups is 2. The molecule has 5 aliphatic rings. The Morgan fingerprint density at radius 1 is 0.570 bits per heavy atom. The fourth-order valence-electron chi connectivity index (χ4n) is 10.9. The third-order valence-corrected chi connectivity index (χ3v) is 16.8. The Bertz CT molecular complexity index is 3900. The molecule has 16 heteroatoms. The summed E-state index contributed by atoms with van der Waals surface area (Å²) in [6.07, 6.45) is 12.4. The number of hydrogen-bond acceptors (Lipinski definition) is 12. The number of rotatable bonds is 18. The normalized spacial score (nSPS) is 17.2. The number of ether oxygens (including phenoxy) is 6. The highest BCUT2D eigenvalue weighted by atomic mass is 32.2. The summed E-state index contributed by atoms with van der Waals surface area (Å²) in [7, 11) is -0.898. The molecule has 2 saturated heterocycles. The van der Waals surface area contributed by atoms with Crippen LogP contribution >= 0.6 is 0 Å². The number of benzene rings is 6. The van der Waals surface area contributed by atoms with Crippen molar-refractivity contribution >= 4 is 73.0 Å². The molecule has 12 rings (SSSR count). The molecule has 0 bridgehead atoms. The summed E-state index contributed by atoms with van der Waals surface area (Å²) in [5.41, 5.74) is 14.1. The Morgan fingerprint density at radius 2 is 1.10 bits per heavy atom. The molecule has 2 atom stereocenters. The second-order valence-electron chi connectivity index (χ2n) is 20.0. The van der Waals surface area contributed by atoms with E-state index in [1.54, 1.807) is 62.8 Å². The van der Waals surface area contributed by atoms with Crippen LogP contribution in [0, 0.1) is 6.92 Å². The lowest BCUT2D eigenvalue weighted by Crippen LogP contribution is -2.35. The molecule has 2 amide bonds. The van der Waals surface area contributed by atoms with Crippen molar-refractivity contribution in [2.75, 3.05) is 53.7 Å². The van der Waals surface area contributed by atoms with Crippen LogP contribution in [-0.4, -0.2) is 112 Å². The van der Waals surface area contributed by atoms with Gasteiger partial charge in [-0.25, -0.2) is 12.4 Å². The minimum atomic E-state index is -4.02. The number of fused-ring (bicyclic) bond motifs is 7. The molecule has 400 valence electrons. The highest BCUT2D eigenvalue weighted by Crippen LogP contribution is 2.41. The van der Waals surface area contributed by atoms with Crippen molar-refractivity contribution in [3.63, 3.8) is 0 Å². The molecule has 0 radical (unpaired) electrons. The fraction of sp³-hybridized carbons (Fsp3) is 0.270. The molecule has 0 spiro atoms. The number of amides is 2. The van der Waals surface area contributed by atoms with Gasteiger partial charge in [0.2, 0.25) is 0 Å². The predicted molar refractivity (Wildman–Crippen MR) is 304 cm³/mol. The number of nitrogens with zero attached hydrogens (tertiary/aromatic N) is 5. The quantitative estimate of drug-likeness (QED) is 0.0598. The molecule has 1 aliphatic carbocycles. The number of carbonyl (C=O) groups excluding carboxylic acids is 2. The van der Waals surface area contributed by atoms with Crippen molar-refractivity contribution in [3.05, 3.63) is 161 Å². The molecule has 0 unspecified atom stereocenters. The van der Waals surface area contributed by atoms with E-state index in [9.17, 15) is 18.0 Å². The summed E-state index contributed by atoms with van der Waals surface area (Å²) >= 11 is 0. The minimum absolute atomic E-state index is 0.0112. The van der Waals surface area contributed by atoms with Crippen molar-refractivity contribution in [1.29, 1.82) is 0 Å². The minimum Gasteiger partial charge on any atom is -0.493 e. The monoisotopic (exact) mass is 1080 g/mol. The molecule has 5 heterocycles. The Kier molecular flexibility index (Phi) is 13.9. The first-order valence-corrected chi connectivity index (χ1v) is 28.1. The van der Waals surface area contributed by atoms with Crippen molar-refractivity contribution in [2.24, 2.45) is 9.98 Å². The standard InChI is InChI=1S/C63H57N5O10S/c1-40-10-22-49(23-11-40)79(71,72)68-56-24-16-43(41-12-18-47(19-13-41)75-28-6-30-77-60-36-54-52(34-58(60)73-2)62(69)66-26-4-8-45(66)38-64-54)32-50(56)51-33-44(17-25-57(51)68)42-14-20-48(21-15-42)76-29-7-31-78-61-37-55-53(35-59(61)74-3)63(70)67-27-5-9-46(67)39-65-55/h10-14,16-20,22-25,32-39,45-46H,4-9,26-31H2,1-3H3/t45-,46-/m0/s1. The SMILES string of the molecule is COc1cc2c(cc1OCCCOC1=C=C=C(c3ccc4c(c3)c3cc(-c5ccc(OCCCOc6cc7c(cc6OC)C(=O)N6CCC[C@H]6C=N7)cc5)ccc3n4S(=O)(=O)c3ccc(C)cc3)C=C1)N=C[C@@H]1CCCN1C2=O. The van der Waals surface area contributed by atoms with E-state index in [0.717, 1.165) is 77.4 Å². The smallest absolute Gasteiger partial charge is 0.268 e. The van der Waals surface area contributed by atoms with Crippen LogP contribution in [0.1, 0.15) is 70.4 Å². The lowest BCUT2D eigenvalue weighted by molar-refractivity contribution is 0.0766. The van der Waals surface area contributed by atoms with Gasteiger partial charge in [-0.05, 0) is 128 Å². The van der Waals surface area contributed by atoms with Gasteiger partial charge in [0.15, 0.2) is 28.8 Å². The lowest BCUT2D eigenvalue weighted by atomic mass is 10.00. The van der Waals surface area contributed by atoms with E-state index in [4.69, 9.17) is 28.4 Å². The average Bonchev–Trinajstić information content (AvgIpc) is 4.33. The third kappa shape index (κ3) is 9.95. The second-order valence-corrected chi connectivity index (χ2v) is 21.8. The lowest BCUT2D eigenvalue weighted by Gasteiger charge is -2.20. The van der Waals surface area contributed by atoms with Crippen LogP contribution in [0.5, 0.6) is 28.7 Å². The number of methoxy groups -OCH3 is 2. The second kappa shape index (κ2) is 21.5. The van der Waals surface area contributed by atoms with Gasteiger partial charge in [-0.3, -0.25) is 19.6 Å². The molecule has 2 fully saturated rings. The van der Waals surface area contributed by atoms with Crippen molar-refractivity contribution in [1.82, 2.24) is 13.8 Å². The highest BCUT2D eigenvalue weighted by molar-refractivity contribution is 7.90. The first-order valence-electron chi connectivity index (χ1n) is 26.7. The summed E-state index contributed by atoms with van der Waals surface area (Å²) in [5.74, 6) is 3.11. The van der Waals surface area contributed by atoms with Crippen molar-refractivity contribution < 1.29 is 46.4 Å². The van der Waals surface area contributed by atoms with Crippen LogP contribution in [-0.2, 0) is 14.8 Å².